The van der Waals surface area contributed by atoms with Gasteiger partial charge in [0.1, 0.15) is 5.75 Å². The minimum absolute atomic E-state index is 0.105. The first-order valence-corrected chi connectivity index (χ1v) is 12.7. The van der Waals surface area contributed by atoms with E-state index < -0.39 is 19.9 Å². The van der Waals surface area contributed by atoms with Gasteiger partial charge in [-0.3, -0.25) is 4.79 Å². The van der Waals surface area contributed by atoms with Gasteiger partial charge < -0.3 is 9.64 Å². The minimum atomic E-state index is -3.56. The molecule has 1 N–H and O–H groups in total. The number of hydrogen-bond donors (Lipinski definition) is 1. The summed E-state index contributed by atoms with van der Waals surface area (Å²) in [5, 5.41) is 0. The maximum absolute atomic E-state index is 12.5. The van der Waals surface area contributed by atoms with Gasteiger partial charge >= 0.3 is 0 Å². The van der Waals surface area contributed by atoms with Crippen molar-refractivity contribution in [2.45, 2.75) is 23.1 Å². The van der Waals surface area contributed by atoms with Crippen LogP contribution in [0.5, 0.6) is 5.75 Å². The fourth-order valence-electron chi connectivity index (χ4n) is 2.66. The van der Waals surface area contributed by atoms with E-state index in [0.717, 1.165) is 6.26 Å². The van der Waals surface area contributed by atoms with Gasteiger partial charge in [-0.05, 0) is 48.9 Å². The van der Waals surface area contributed by atoms with Crippen molar-refractivity contribution in [3.8, 4) is 5.75 Å². The maximum Gasteiger partial charge on any atom is 0.253 e. The number of amides is 1. The first-order chi connectivity index (χ1) is 14.0. The summed E-state index contributed by atoms with van der Waals surface area (Å²) >= 11 is 0. The Hall–Kier alpha value is -2.43. The lowest BCUT2D eigenvalue weighted by molar-refractivity contribution is 0.0787. The molecule has 0 aromatic heterocycles. The summed E-state index contributed by atoms with van der Waals surface area (Å²) in [6.07, 6.45) is 1.67. The molecule has 0 aliphatic heterocycles. The molecule has 0 unspecified atom stereocenters. The van der Waals surface area contributed by atoms with Crippen LogP contribution in [0.3, 0.4) is 0 Å². The maximum atomic E-state index is 12.5. The number of sulfone groups is 1. The third-order valence-corrected chi connectivity index (χ3v) is 6.90. The lowest BCUT2D eigenvalue weighted by atomic mass is 10.2. The summed E-state index contributed by atoms with van der Waals surface area (Å²) in [6.45, 7) is 2.70. The Labute approximate surface area is 177 Å². The fourth-order valence-corrected chi connectivity index (χ4v) is 4.36. The van der Waals surface area contributed by atoms with Crippen LogP contribution in [0.15, 0.2) is 58.3 Å². The molecule has 0 spiro atoms. The van der Waals surface area contributed by atoms with Crippen LogP contribution in [-0.2, 0) is 19.9 Å². The van der Waals surface area contributed by atoms with E-state index in [2.05, 4.69) is 4.72 Å². The van der Waals surface area contributed by atoms with E-state index in [9.17, 15) is 21.6 Å². The Bertz CT molecular complexity index is 1080. The second-order valence-electron chi connectivity index (χ2n) is 6.70. The van der Waals surface area contributed by atoms with Gasteiger partial charge in [-0.2, -0.15) is 0 Å². The number of benzene rings is 2. The normalized spacial score (nSPS) is 11.8. The van der Waals surface area contributed by atoms with Crippen LogP contribution in [-0.4, -0.2) is 60.6 Å². The first kappa shape index (κ1) is 23.8. The van der Waals surface area contributed by atoms with Gasteiger partial charge in [0.15, 0.2) is 9.84 Å². The van der Waals surface area contributed by atoms with Gasteiger partial charge in [-0.15, -0.1) is 0 Å². The minimum Gasteiger partial charge on any atom is -0.493 e. The van der Waals surface area contributed by atoms with E-state index in [1.165, 1.54) is 41.3 Å². The Kier molecular flexibility index (Phi) is 7.99. The van der Waals surface area contributed by atoms with Crippen LogP contribution >= 0.6 is 0 Å². The molecular formula is C20H26N2O6S2. The van der Waals surface area contributed by atoms with E-state index in [1.807, 2.05) is 0 Å². The van der Waals surface area contributed by atoms with Crippen molar-refractivity contribution in [2.24, 2.45) is 0 Å². The zero-order valence-electron chi connectivity index (χ0n) is 17.2. The van der Waals surface area contributed by atoms with Gasteiger partial charge in [0.2, 0.25) is 10.0 Å². The van der Waals surface area contributed by atoms with E-state index in [-0.39, 0.29) is 22.2 Å². The smallest absolute Gasteiger partial charge is 0.253 e. The predicted octanol–water partition coefficient (Wildman–Crippen LogP) is 1.93. The number of sulfonamides is 1. The Balaban J connectivity index is 1.88. The van der Waals surface area contributed by atoms with Gasteiger partial charge in [0, 0.05) is 32.0 Å². The molecule has 0 fully saturated rings. The van der Waals surface area contributed by atoms with Gasteiger partial charge in [0.05, 0.1) is 16.4 Å². The molecule has 0 saturated carbocycles. The van der Waals surface area contributed by atoms with Crippen LogP contribution in [0, 0.1) is 0 Å². The lowest BCUT2D eigenvalue weighted by Crippen LogP contribution is -2.29. The molecule has 10 heteroatoms. The highest BCUT2D eigenvalue weighted by atomic mass is 32.2. The first-order valence-electron chi connectivity index (χ1n) is 9.32. The number of nitrogens with zero attached hydrogens (tertiary/aromatic N) is 1. The van der Waals surface area contributed by atoms with E-state index in [0.29, 0.717) is 30.9 Å². The van der Waals surface area contributed by atoms with Crippen LogP contribution in [0.2, 0.25) is 0 Å². The average molecular weight is 455 g/mol. The third-order valence-electron chi connectivity index (χ3n) is 4.23. The highest BCUT2D eigenvalue weighted by Gasteiger charge is 2.16. The predicted molar refractivity (Wildman–Crippen MR) is 114 cm³/mol. The van der Waals surface area contributed by atoms with Gasteiger partial charge in [-0.25, -0.2) is 21.6 Å². The molecule has 0 heterocycles. The van der Waals surface area contributed by atoms with Crippen molar-refractivity contribution in [1.82, 2.24) is 9.62 Å². The molecule has 0 bridgehead atoms. The monoisotopic (exact) mass is 454 g/mol. The fraction of sp³-hybridized carbons (Fsp3) is 0.350. The number of ether oxygens (including phenoxy) is 1. The molecule has 0 atom stereocenters. The second kappa shape index (κ2) is 10.1. The number of hydrogen-bond acceptors (Lipinski definition) is 6. The Morgan fingerprint density at radius 2 is 1.70 bits per heavy atom. The van der Waals surface area contributed by atoms with Crippen molar-refractivity contribution in [1.29, 1.82) is 0 Å². The molecule has 164 valence electrons. The highest BCUT2D eigenvalue weighted by molar-refractivity contribution is 7.90. The summed E-state index contributed by atoms with van der Waals surface area (Å²) < 4.78 is 55.1. The van der Waals surface area contributed by atoms with Crippen LogP contribution in [0.4, 0.5) is 0 Å². The number of carbonyl (C=O) groups excluding carboxylic acids is 1. The van der Waals surface area contributed by atoms with Gasteiger partial charge in [-0.1, -0.05) is 13.0 Å². The summed E-state index contributed by atoms with van der Waals surface area (Å²) in [7, 11) is -5.21. The number of rotatable bonds is 10. The highest BCUT2D eigenvalue weighted by Crippen LogP contribution is 2.17. The molecule has 30 heavy (non-hydrogen) atoms. The zero-order chi connectivity index (χ0) is 22.4. The molecule has 2 rings (SSSR count). The lowest BCUT2D eigenvalue weighted by Gasteiger charge is -2.17. The third kappa shape index (κ3) is 6.54. The molecule has 0 radical (unpaired) electrons. The summed E-state index contributed by atoms with van der Waals surface area (Å²) in [4.78, 5) is 14.3. The molecule has 0 saturated heterocycles. The number of carbonyl (C=O) groups is 1. The van der Waals surface area contributed by atoms with Crippen LogP contribution in [0.25, 0.3) is 0 Å². The summed E-state index contributed by atoms with van der Waals surface area (Å²) in [6, 6.07) is 12.0. The molecule has 1 amide bonds. The quantitative estimate of drug-likeness (QED) is 0.550. The molecule has 0 aliphatic carbocycles. The van der Waals surface area contributed by atoms with Crippen LogP contribution in [0.1, 0.15) is 23.7 Å². The molecule has 2 aromatic carbocycles. The van der Waals surface area contributed by atoms with Crippen molar-refractivity contribution in [3.05, 3.63) is 54.1 Å². The Morgan fingerprint density at radius 1 is 1.03 bits per heavy atom. The summed E-state index contributed by atoms with van der Waals surface area (Å²) in [5.41, 5.74) is 0.384. The largest absolute Gasteiger partial charge is 0.493 e. The summed E-state index contributed by atoms with van der Waals surface area (Å²) in [5.74, 6) is 0.214. The SMILES string of the molecule is CCNS(=O)(=O)c1ccc(C(=O)N(C)CCCOc2cccc(S(C)(=O)=O)c2)cc1. The zero-order valence-corrected chi connectivity index (χ0v) is 18.8. The average Bonchev–Trinajstić information content (AvgIpc) is 2.70. The van der Waals surface area contributed by atoms with E-state index in [1.54, 1.807) is 26.1 Å². The standard InChI is InChI=1S/C20H26N2O6S2/c1-4-21-30(26,27)18-11-9-16(10-12-18)20(23)22(2)13-6-14-28-17-7-5-8-19(15-17)29(3,24)25/h5,7-12,15,21H,4,6,13-14H2,1-3H3. The Morgan fingerprint density at radius 3 is 2.30 bits per heavy atom. The van der Waals surface area contributed by atoms with Crippen molar-refractivity contribution >= 4 is 25.8 Å². The van der Waals surface area contributed by atoms with Crippen molar-refractivity contribution in [3.63, 3.8) is 0 Å². The number of nitrogens with one attached hydrogen (secondary N) is 1. The van der Waals surface area contributed by atoms with Crippen molar-refractivity contribution < 1.29 is 26.4 Å². The molecule has 8 nitrogen and oxygen atoms in total. The van der Waals surface area contributed by atoms with E-state index >= 15 is 0 Å². The molecule has 2 aromatic rings. The van der Waals surface area contributed by atoms with E-state index in [4.69, 9.17) is 4.74 Å². The molecule has 0 aliphatic rings. The van der Waals surface area contributed by atoms with Gasteiger partial charge in [0.25, 0.3) is 5.91 Å². The topological polar surface area (TPSA) is 110 Å². The molecular weight excluding hydrogens is 428 g/mol. The van der Waals surface area contributed by atoms with Crippen LogP contribution < -0.4 is 9.46 Å². The second-order valence-corrected chi connectivity index (χ2v) is 10.5. The van der Waals surface area contributed by atoms with Crippen molar-refractivity contribution in [2.75, 3.05) is 33.0 Å².